The Balaban J connectivity index is 1.85. The number of aryl methyl sites for hydroxylation is 1. The number of benzene rings is 3. The van der Waals surface area contributed by atoms with E-state index in [1.54, 1.807) is 24.3 Å². The maximum atomic E-state index is 10.9. The van der Waals surface area contributed by atoms with Gasteiger partial charge in [-0.3, -0.25) is 4.79 Å². The number of aromatic hydroxyl groups is 1. The third-order valence-corrected chi connectivity index (χ3v) is 4.99. The van der Waals surface area contributed by atoms with E-state index in [2.05, 4.69) is 31.9 Å². The molecule has 0 radical (unpaired) electrons. The fourth-order valence-electron chi connectivity index (χ4n) is 2.48. The minimum Gasteiger partial charge on any atom is -0.504 e. The fraction of sp³-hybridized carbons (Fsp3) is 0.0952. The molecule has 3 aromatic carbocycles. The Morgan fingerprint density at radius 1 is 0.929 bits per heavy atom. The van der Waals surface area contributed by atoms with Gasteiger partial charge in [0.1, 0.15) is 11.5 Å². The maximum absolute atomic E-state index is 10.9. The smallest absolute Gasteiger partial charge is 0.307 e. The van der Waals surface area contributed by atoms with E-state index >= 15 is 0 Å². The average Bonchev–Trinajstić information content (AvgIpc) is 2.62. The molecule has 5 nitrogen and oxygen atoms in total. The Labute approximate surface area is 178 Å². The molecule has 28 heavy (non-hydrogen) atoms. The second-order valence-electron chi connectivity index (χ2n) is 6.11. The van der Waals surface area contributed by atoms with Crippen LogP contribution in [-0.4, -0.2) is 16.2 Å². The number of hydrogen-bond donors (Lipinski definition) is 2. The Morgan fingerprint density at radius 2 is 1.54 bits per heavy atom. The maximum Gasteiger partial charge on any atom is 0.307 e. The predicted octanol–water partition coefficient (Wildman–Crippen LogP) is 6.44. The number of carboxylic acids is 1. The Hall–Kier alpha value is -2.51. The molecule has 3 rings (SSSR count). The summed E-state index contributed by atoms with van der Waals surface area (Å²) < 4.78 is 12.9. The molecule has 0 fully saturated rings. The van der Waals surface area contributed by atoms with Crippen LogP contribution in [0.2, 0.25) is 0 Å². The van der Waals surface area contributed by atoms with E-state index in [1.165, 1.54) is 6.07 Å². The number of rotatable bonds is 6. The third-order valence-electron chi connectivity index (χ3n) is 3.81. The monoisotopic (exact) mass is 506 g/mol. The first-order valence-electron chi connectivity index (χ1n) is 8.27. The Morgan fingerprint density at radius 3 is 2.14 bits per heavy atom. The van der Waals surface area contributed by atoms with Crippen molar-refractivity contribution < 1.29 is 24.5 Å². The van der Waals surface area contributed by atoms with Crippen molar-refractivity contribution in [3.63, 3.8) is 0 Å². The molecular weight excluding hydrogens is 492 g/mol. The van der Waals surface area contributed by atoms with Crippen LogP contribution in [0.5, 0.6) is 28.7 Å². The average molecular weight is 508 g/mol. The van der Waals surface area contributed by atoms with E-state index in [9.17, 15) is 9.90 Å². The number of aliphatic carboxylic acids is 1. The Kier molecular flexibility index (Phi) is 6.26. The summed E-state index contributed by atoms with van der Waals surface area (Å²) in [6.45, 7) is 1.98. The number of halogens is 2. The summed E-state index contributed by atoms with van der Waals surface area (Å²) in [5.74, 6) is 0.870. The van der Waals surface area contributed by atoms with Gasteiger partial charge in [0.2, 0.25) is 0 Å². The van der Waals surface area contributed by atoms with Crippen molar-refractivity contribution in [1.82, 2.24) is 0 Å². The first-order chi connectivity index (χ1) is 13.3. The molecule has 0 saturated heterocycles. The van der Waals surface area contributed by atoms with Crippen molar-refractivity contribution in [3.05, 3.63) is 74.7 Å². The van der Waals surface area contributed by atoms with Crippen LogP contribution in [0.1, 0.15) is 11.1 Å². The van der Waals surface area contributed by atoms with Crippen molar-refractivity contribution in [2.24, 2.45) is 0 Å². The summed E-state index contributed by atoms with van der Waals surface area (Å²) in [4.78, 5) is 10.9. The van der Waals surface area contributed by atoms with Gasteiger partial charge in [-0.05, 0) is 80.7 Å². The van der Waals surface area contributed by atoms with Gasteiger partial charge in [0.05, 0.1) is 15.4 Å². The molecule has 0 aliphatic rings. The summed E-state index contributed by atoms with van der Waals surface area (Å²) in [5.41, 5.74) is 1.74. The van der Waals surface area contributed by atoms with Gasteiger partial charge in [0.15, 0.2) is 17.2 Å². The van der Waals surface area contributed by atoms with Gasteiger partial charge in [0.25, 0.3) is 0 Å². The van der Waals surface area contributed by atoms with Gasteiger partial charge in [-0.15, -0.1) is 0 Å². The second-order valence-corrected chi connectivity index (χ2v) is 7.81. The predicted molar refractivity (Wildman–Crippen MR) is 113 cm³/mol. The zero-order valence-corrected chi connectivity index (χ0v) is 18.0. The fourth-order valence-corrected chi connectivity index (χ4v) is 3.92. The van der Waals surface area contributed by atoms with E-state index in [0.717, 1.165) is 5.56 Å². The first kappa shape index (κ1) is 20.2. The molecule has 3 aromatic rings. The number of hydrogen-bond acceptors (Lipinski definition) is 4. The van der Waals surface area contributed by atoms with Crippen LogP contribution in [0.3, 0.4) is 0 Å². The summed E-state index contributed by atoms with van der Waals surface area (Å²) in [5, 5.41) is 19.0. The zero-order valence-electron chi connectivity index (χ0n) is 14.8. The van der Waals surface area contributed by atoms with Crippen molar-refractivity contribution in [1.29, 1.82) is 0 Å². The van der Waals surface area contributed by atoms with E-state index in [0.29, 0.717) is 31.8 Å². The van der Waals surface area contributed by atoms with Crippen LogP contribution in [0.25, 0.3) is 0 Å². The van der Waals surface area contributed by atoms with Crippen LogP contribution in [-0.2, 0) is 11.2 Å². The van der Waals surface area contributed by atoms with Gasteiger partial charge in [-0.25, -0.2) is 0 Å². The normalized spacial score (nSPS) is 10.5. The second kappa shape index (κ2) is 8.67. The molecule has 0 amide bonds. The third kappa shape index (κ3) is 5.05. The molecule has 0 bridgehead atoms. The van der Waals surface area contributed by atoms with Gasteiger partial charge in [-0.2, -0.15) is 0 Å². The molecule has 0 aromatic heterocycles. The molecular formula is C21H16Br2O5. The lowest BCUT2D eigenvalue weighted by atomic mass is 10.1. The number of phenolic OH excluding ortho intramolecular Hbond substituents is 1. The van der Waals surface area contributed by atoms with E-state index in [1.807, 2.05) is 31.2 Å². The largest absolute Gasteiger partial charge is 0.504 e. The molecule has 144 valence electrons. The first-order valence-corrected chi connectivity index (χ1v) is 9.85. The molecule has 0 aliphatic carbocycles. The molecule has 0 spiro atoms. The summed E-state index contributed by atoms with van der Waals surface area (Å²) >= 11 is 6.82. The van der Waals surface area contributed by atoms with Crippen LogP contribution in [0.15, 0.2) is 63.5 Å². The van der Waals surface area contributed by atoms with Gasteiger partial charge < -0.3 is 19.7 Å². The lowest BCUT2D eigenvalue weighted by Crippen LogP contribution is -2.00. The van der Waals surface area contributed by atoms with Crippen LogP contribution >= 0.6 is 31.9 Å². The van der Waals surface area contributed by atoms with E-state index < -0.39 is 5.97 Å². The van der Waals surface area contributed by atoms with Crippen LogP contribution in [0.4, 0.5) is 0 Å². The van der Waals surface area contributed by atoms with E-state index in [-0.39, 0.29) is 17.9 Å². The van der Waals surface area contributed by atoms with Crippen molar-refractivity contribution in [2.75, 3.05) is 0 Å². The number of carboxylic acid groups (broad SMARTS) is 1. The minimum absolute atomic E-state index is 0.0112. The van der Waals surface area contributed by atoms with E-state index in [4.69, 9.17) is 14.6 Å². The highest BCUT2D eigenvalue weighted by Crippen LogP contribution is 2.41. The molecule has 0 aliphatic heterocycles. The molecule has 2 N–H and O–H groups in total. The number of carbonyl (C=O) groups is 1. The summed E-state index contributed by atoms with van der Waals surface area (Å²) in [7, 11) is 0. The van der Waals surface area contributed by atoms with Crippen molar-refractivity contribution in [2.45, 2.75) is 13.3 Å². The molecule has 0 saturated carbocycles. The van der Waals surface area contributed by atoms with Gasteiger partial charge in [-0.1, -0.05) is 17.7 Å². The topological polar surface area (TPSA) is 76.0 Å². The Bertz CT molecular complexity index is 993. The minimum atomic E-state index is -0.913. The number of ether oxygens (including phenoxy) is 2. The summed E-state index contributed by atoms with van der Waals surface area (Å²) in [6, 6.07) is 15.5. The van der Waals surface area contributed by atoms with Crippen molar-refractivity contribution in [3.8, 4) is 28.7 Å². The van der Waals surface area contributed by atoms with Crippen LogP contribution in [0, 0.1) is 6.92 Å². The van der Waals surface area contributed by atoms with Crippen molar-refractivity contribution >= 4 is 37.8 Å². The van der Waals surface area contributed by atoms with Gasteiger partial charge in [0, 0.05) is 6.07 Å². The van der Waals surface area contributed by atoms with Gasteiger partial charge >= 0.3 is 5.97 Å². The SMILES string of the molecule is Cc1ccc(Oc2cc(Oc3c(Br)cc(CC(=O)O)cc3Br)ccc2O)cc1. The number of phenols is 1. The standard InChI is InChI=1S/C21H16Br2O5/c1-12-2-4-14(5-3-12)27-19-11-15(6-7-18(19)24)28-21-16(22)8-13(9-17(21)23)10-20(25)26/h2-9,11,24H,10H2,1H3,(H,25,26). The molecule has 7 heteroatoms. The molecule has 0 heterocycles. The summed E-state index contributed by atoms with van der Waals surface area (Å²) in [6.07, 6.45) is -0.0920. The highest BCUT2D eigenvalue weighted by molar-refractivity contribution is 9.11. The zero-order chi connectivity index (χ0) is 20.3. The lowest BCUT2D eigenvalue weighted by molar-refractivity contribution is -0.136. The highest BCUT2D eigenvalue weighted by atomic mass is 79.9. The highest BCUT2D eigenvalue weighted by Gasteiger charge is 2.14. The van der Waals surface area contributed by atoms with Crippen LogP contribution < -0.4 is 9.47 Å². The quantitative estimate of drug-likeness (QED) is 0.401. The molecule has 0 atom stereocenters. The lowest BCUT2D eigenvalue weighted by Gasteiger charge is -2.14. The molecule has 0 unspecified atom stereocenters.